The highest BCUT2D eigenvalue weighted by Crippen LogP contribution is 2.26. The summed E-state index contributed by atoms with van der Waals surface area (Å²) in [5.74, 6) is 1.40. The molecule has 4 heteroatoms. The van der Waals surface area contributed by atoms with Gasteiger partial charge >= 0.3 is 0 Å². The Kier molecular flexibility index (Phi) is 5.32. The van der Waals surface area contributed by atoms with E-state index in [1.54, 1.807) is 7.11 Å². The molecule has 0 spiro atoms. The van der Waals surface area contributed by atoms with E-state index in [1.807, 2.05) is 12.1 Å². The SMILES string of the molecule is COc1cccc(CN(C)c2ccc(CCl)c(Br)c2)c1. The number of rotatable bonds is 5. The fourth-order valence-electron chi connectivity index (χ4n) is 2.02. The van der Waals surface area contributed by atoms with Crippen LogP contribution in [0.1, 0.15) is 11.1 Å². The second kappa shape index (κ2) is 7.00. The van der Waals surface area contributed by atoms with Gasteiger partial charge in [-0.2, -0.15) is 0 Å². The molecule has 0 fully saturated rings. The van der Waals surface area contributed by atoms with Gasteiger partial charge in [-0.05, 0) is 35.4 Å². The quantitative estimate of drug-likeness (QED) is 0.713. The van der Waals surface area contributed by atoms with Gasteiger partial charge in [0.05, 0.1) is 7.11 Å². The molecule has 0 bridgehead atoms. The van der Waals surface area contributed by atoms with Gasteiger partial charge in [-0.25, -0.2) is 0 Å². The van der Waals surface area contributed by atoms with E-state index >= 15 is 0 Å². The Morgan fingerprint density at radius 2 is 2.00 bits per heavy atom. The summed E-state index contributed by atoms with van der Waals surface area (Å²) >= 11 is 9.42. The molecule has 0 aromatic heterocycles. The molecule has 0 aliphatic rings. The molecule has 0 radical (unpaired) electrons. The molecule has 106 valence electrons. The van der Waals surface area contributed by atoms with Gasteiger partial charge in [-0.3, -0.25) is 0 Å². The van der Waals surface area contributed by atoms with Crippen molar-refractivity contribution in [2.45, 2.75) is 12.4 Å². The first-order valence-electron chi connectivity index (χ1n) is 6.32. The summed E-state index contributed by atoms with van der Waals surface area (Å²) in [6.07, 6.45) is 0. The molecular formula is C16H17BrClNO. The fraction of sp³-hybridized carbons (Fsp3) is 0.250. The zero-order valence-corrected chi connectivity index (χ0v) is 13.9. The number of halogens is 2. The summed E-state index contributed by atoms with van der Waals surface area (Å²) in [5.41, 5.74) is 3.46. The van der Waals surface area contributed by atoms with Crippen molar-refractivity contribution in [2.24, 2.45) is 0 Å². The van der Waals surface area contributed by atoms with Crippen LogP contribution in [0.15, 0.2) is 46.9 Å². The summed E-state index contributed by atoms with van der Waals surface area (Å²) in [6, 6.07) is 14.3. The van der Waals surface area contributed by atoms with Crippen molar-refractivity contribution < 1.29 is 4.74 Å². The van der Waals surface area contributed by atoms with E-state index in [0.29, 0.717) is 5.88 Å². The molecule has 0 aliphatic heterocycles. The lowest BCUT2D eigenvalue weighted by Gasteiger charge is -2.20. The highest BCUT2D eigenvalue weighted by molar-refractivity contribution is 9.10. The van der Waals surface area contributed by atoms with Crippen LogP contribution in [0.25, 0.3) is 0 Å². The van der Waals surface area contributed by atoms with Crippen LogP contribution in [0.4, 0.5) is 5.69 Å². The second-order valence-corrected chi connectivity index (χ2v) is 5.74. The second-order valence-electron chi connectivity index (χ2n) is 4.62. The maximum absolute atomic E-state index is 5.87. The molecule has 0 saturated heterocycles. The molecule has 0 heterocycles. The van der Waals surface area contributed by atoms with Crippen LogP contribution in [0.5, 0.6) is 5.75 Å². The third-order valence-electron chi connectivity index (χ3n) is 3.18. The van der Waals surface area contributed by atoms with Gasteiger partial charge in [0.2, 0.25) is 0 Å². The Hall–Kier alpha value is -1.19. The van der Waals surface area contributed by atoms with Gasteiger partial charge in [0.1, 0.15) is 5.75 Å². The smallest absolute Gasteiger partial charge is 0.119 e. The predicted molar refractivity (Wildman–Crippen MR) is 88.8 cm³/mol. The van der Waals surface area contributed by atoms with Crippen molar-refractivity contribution in [2.75, 3.05) is 19.1 Å². The number of alkyl halides is 1. The van der Waals surface area contributed by atoms with E-state index in [1.165, 1.54) is 5.56 Å². The van der Waals surface area contributed by atoms with Crippen LogP contribution in [0, 0.1) is 0 Å². The molecule has 0 N–H and O–H groups in total. The summed E-state index contributed by atoms with van der Waals surface area (Å²) in [5, 5.41) is 0. The third-order valence-corrected chi connectivity index (χ3v) is 4.20. The molecule has 0 atom stereocenters. The molecule has 0 aliphatic carbocycles. The summed E-state index contributed by atoms with van der Waals surface area (Å²) in [7, 11) is 3.76. The lowest BCUT2D eigenvalue weighted by atomic mass is 10.1. The van der Waals surface area contributed by atoms with Gasteiger partial charge in [-0.15, -0.1) is 11.6 Å². The van der Waals surface area contributed by atoms with Crippen molar-refractivity contribution in [3.8, 4) is 5.75 Å². The van der Waals surface area contributed by atoms with Gasteiger partial charge < -0.3 is 9.64 Å². The normalized spacial score (nSPS) is 10.4. The minimum Gasteiger partial charge on any atom is -0.497 e. The number of hydrogen-bond donors (Lipinski definition) is 0. The zero-order chi connectivity index (χ0) is 14.5. The van der Waals surface area contributed by atoms with Crippen LogP contribution in [-0.4, -0.2) is 14.2 Å². The van der Waals surface area contributed by atoms with Gasteiger partial charge in [-0.1, -0.05) is 34.1 Å². The summed E-state index contributed by atoms with van der Waals surface area (Å²) < 4.78 is 6.29. The zero-order valence-electron chi connectivity index (χ0n) is 11.6. The highest BCUT2D eigenvalue weighted by Gasteiger charge is 2.06. The van der Waals surface area contributed by atoms with E-state index in [4.69, 9.17) is 16.3 Å². The Balaban J connectivity index is 2.14. The highest BCUT2D eigenvalue weighted by atomic mass is 79.9. The van der Waals surface area contributed by atoms with E-state index in [2.05, 4.69) is 58.2 Å². The molecule has 2 aromatic rings. The van der Waals surface area contributed by atoms with Crippen LogP contribution < -0.4 is 9.64 Å². The monoisotopic (exact) mass is 353 g/mol. The van der Waals surface area contributed by atoms with Crippen molar-refractivity contribution in [3.63, 3.8) is 0 Å². The lowest BCUT2D eigenvalue weighted by Crippen LogP contribution is -2.16. The Labute approximate surface area is 133 Å². The van der Waals surface area contributed by atoms with E-state index in [-0.39, 0.29) is 0 Å². The lowest BCUT2D eigenvalue weighted by molar-refractivity contribution is 0.414. The van der Waals surface area contributed by atoms with Crippen molar-refractivity contribution in [1.82, 2.24) is 0 Å². The number of hydrogen-bond acceptors (Lipinski definition) is 2. The minimum absolute atomic E-state index is 0.514. The Bertz CT molecular complexity index is 588. The number of methoxy groups -OCH3 is 1. The number of benzene rings is 2. The minimum atomic E-state index is 0.514. The van der Waals surface area contributed by atoms with E-state index in [0.717, 1.165) is 28.0 Å². The maximum Gasteiger partial charge on any atom is 0.119 e. The van der Waals surface area contributed by atoms with Crippen LogP contribution in [0.3, 0.4) is 0 Å². The van der Waals surface area contributed by atoms with Gasteiger partial charge in [0, 0.05) is 29.6 Å². The predicted octanol–water partition coefficient (Wildman–Crippen LogP) is 4.83. The van der Waals surface area contributed by atoms with E-state index in [9.17, 15) is 0 Å². The summed E-state index contributed by atoms with van der Waals surface area (Å²) in [4.78, 5) is 2.19. The Morgan fingerprint density at radius 3 is 2.65 bits per heavy atom. The standard InChI is InChI=1S/C16H17BrClNO/c1-19(11-12-4-3-5-15(8-12)20-2)14-7-6-13(10-18)16(17)9-14/h3-9H,10-11H2,1-2H3. The number of ether oxygens (including phenoxy) is 1. The number of anilines is 1. The molecule has 2 rings (SSSR count). The summed E-state index contributed by atoms with van der Waals surface area (Å²) in [6.45, 7) is 0.823. The average Bonchev–Trinajstić information content (AvgIpc) is 2.47. The largest absolute Gasteiger partial charge is 0.497 e. The Morgan fingerprint density at radius 1 is 1.20 bits per heavy atom. The first kappa shape index (κ1) is 15.2. The number of nitrogens with zero attached hydrogens (tertiary/aromatic N) is 1. The molecule has 2 nitrogen and oxygen atoms in total. The molecule has 0 unspecified atom stereocenters. The molecule has 0 amide bonds. The van der Waals surface area contributed by atoms with Crippen molar-refractivity contribution in [3.05, 3.63) is 58.1 Å². The van der Waals surface area contributed by atoms with Crippen LogP contribution in [-0.2, 0) is 12.4 Å². The molecule has 2 aromatic carbocycles. The van der Waals surface area contributed by atoms with E-state index < -0.39 is 0 Å². The molecule has 0 saturated carbocycles. The maximum atomic E-state index is 5.87. The van der Waals surface area contributed by atoms with Gasteiger partial charge in [0.15, 0.2) is 0 Å². The average molecular weight is 355 g/mol. The van der Waals surface area contributed by atoms with Crippen molar-refractivity contribution >= 4 is 33.2 Å². The molecular weight excluding hydrogens is 338 g/mol. The third kappa shape index (κ3) is 3.68. The van der Waals surface area contributed by atoms with Crippen LogP contribution in [0.2, 0.25) is 0 Å². The molecule has 20 heavy (non-hydrogen) atoms. The van der Waals surface area contributed by atoms with Crippen LogP contribution >= 0.6 is 27.5 Å². The first-order chi connectivity index (χ1) is 9.63. The first-order valence-corrected chi connectivity index (χ1v) is 7.65. The topological polar surface area (TPSA) is 12.5 Å². The van der Waals surface area contributed by atoms with Crippen molar-refractivity contribution in [1.29, 1.82) is 0 Å². The van der Waals surface area contributed by atoms with Gasteiger partial charge in [0.25, 0.3) is 0 Å². The fourth-order valence-corrected chi connectivity index (χ4v) is 2.92.